The van der Waals surface area contributed by atoms with E-state index in [1.807, 2.05) is 26.2 Å². The van der Waals surface area contributed by atoms with Gasteiger partial charge in [-0.15, -0.1) is 11.8 Å². The average molecular weight is 353 g/mol. The van der Waals surface area contributed by atoms with Gasteiger partial charge in [-0.2, -0.15) is 0 Å². The van der Waals surface area contributed by atoms with E-state index >= 15 is 0 Å². The quantitative estimate of drug-likeness (QED) is 0.570. The van der Waals surface area contributed by atoms with Crippen molar-refractivity contribution in [2.24, 2.45) is 5.92 Å². The number of carbonyl (C=O) groups excluding carboxylic acids is 3. The molecule has 0 saturated carbocycles. The van der Waals surface area contributed by atoms with E-state index in [9.17, 15) is 14.4 Å². The lowest BCUT2D eigenvalue weighted by atomic mass is 9.99. The van der Waals surface area contributed by atoms with Crippen molar-refractivity contribution in [2.75, 3.05) is 20.0 Å². The molecule has 1 amide bonds. The van der Waals surface area contributed by atoms with Crippen LogP contribution in [0.15, 0.2) is 29.2 Å². The first kappa shape index (κ1) is 20.0. The van der Waals surface area contributed by atoms with Crippen molar-refractivity contribution in [3.63, 3.8) is 0 Å². The minimum absolute atomic E-state index is 0.0886. The maximum Gasteiger partial charge on any atom is 0.339 e. The molecule has 0 radical (unpaired) electrons. The first-order chi connectivity index (χ1) is 11.4. The molecular formula is C17H23NO5S. The number of nitrogens with one attached hydrogen (secondary N) is 1. The Kier molecular flexibility index (Phi) is 8.32. The lowest BCUT2D eigenvalue weighted by Crippen LogP contribution is -2.47. The highest BCUT2D eigenvalue weighted by atomic mass is 32.2. The molecule has 0 aliphatic heterocycles. The Hall–Kier alpha value is -2.02. The van der Waals surface area contributed by atoms with Crippen molar-refractivity contribution in [1.82, 2.24) is 5.32 Å². The van der Waals surface area contributed by atoms with E-state index in [1.54, 1.807) is 18.2 Å². The van der Waals surface area contributed by atoms with Crippen molar-refractivity contribution in [2.45, 2.75) is 31.2 Å². The Morgan fingerprint density at radius 1 is 1.25 bits per heavy atom. The van der Waals surface area contributed by atoms with Gasteiger partial charge in [0.1, 0.15) is 6.04 Å². The number of hydrogen-bond donors (Lipinski definition) is 1. The van der Waals surface area contributed by atoms with Crippen LogP contribution in [0.1, 0.15) is 30.6 Å². The Balaban J connectivity index is 2.64. The fourth-order valence-corrected chi connectivity index (χ4v) is 2.62. The van der Waals surface area contributed by atoms with E-state index < -0.39 is 30.5 Å². The molecule has 0 heterocycles. The van der Waals surface area contributed by atoms with Crippen LogP contribution in [0.5, 0.6) is 0 Å². The van der Waals surface area contributed by atoms with Gasteiger partial charge in [0.2, 0.25) is 0 Å². The number of methoxy groups -OCH3 is 1. The van der Waals surface area contributed by atoms with Crippen LogP contribution in [0.3, 0.4) is 0 Å². The highest BCUT2D eigenvalue weighted by molar-refractivity contribution is 7.98. The van der Waals surface area contributed by atoms with Crippen LogP contribution in [0.2, 0.25) is 0 Å². The Bertz CT molecular complexity index is 590. The summed E-state index contributed by atoms with van der Waals surface area (Å²) in [7, 11) is 1.27. The molecule has 1 N–H and O–H groups in total. The Morgan fingerprint density at radius 3 is 2.50 bits per heavy atom. The third kappa shape index (κ3) is 5.56. The molecule has 1 aromatic rings. The summed E-state index contributed by atoms with van der Waals surface area (Å²) in [6, 6.07) is 6.24. The second-order valence-corrected chi connectivity index (χ2v) is 6.08. The van der Waals surface area contributed by atoms with Gasteiger partial charge in [0.15, 0.2) is 6.61 Å². The third-order valence-corrected chi connectivity index (χ3v) is 4.44. The molecule has 24 heavy (non-hydrogen) atoms. The van der Waals surface area contributed by atoms with Crippen LogP contribution < -0.4 is 5.32 Å². The van der Waals surface area contributed by atoms with Crippen molar-refractivity contribution < 1.29 is 23.9 Å². The molecule has 0 bridgehead atoms. The van der Waals surface area contributed by atoms with Crippen LogP contribution in [0.4, 0.5) is 0 Å². The minimum Gasteiger partial charge on any atom is -0.467 e. The zero-order valence-corrected chi connectivity index (χ0v) is 15.1. The maximum atomic E-state index is 12.1. The summed E-state index contributed by atoms with van der Waals surface area (Å²) in [6.45, 7) is 3.29. The lowest BCUT2D eigenvalue weighted by Gasteiger charge is -2.21. The molecule has 0 aliphatic carbocycles. The number of thioether (sulfide) groups is 1. The van der Waals surface area contributed by atoms with Crippen molar-refractivity contribution in [3.05, 3.63) is 29.8 Å². The largest absolute Gasteiger partial charge is 0.467 e. The monoisotopic (exact) mass is 353 g/mol. The van der Waals surface area contributed by atoms with Crippen molar-refractivity contribution in [1.29, 1.82) is 0 Å². The molecule has 0 spiro atoms. The fraction of sp³-hybridized carbons (Fsp3) is 0.471. The second kappa shape index (κ2) is 9.97. The molecule has 132 valence electrons. The van der Waals surface area contributed by atoms with Crippen molar-refractivity contribution >= 4 is 29.6 Å². The standard InChI is InChI=1S/C17H23NO5S/c1-5-11(2)15(17(21)22-3)18-14(19)10-23-16(20)12-8-6-7-9-13(12)24-4/h6-9,11,15H,5,10H2,1-4H3,(H,18,19)/t11-,15+/m0/s1. The number of ether oxygens (including phenoxy) is 2. The predicted molar refractivity (Wildman–Crippen MR) is 91.9 cm³/mol. The topological polar surface area (TPSA) is 81.7 Å². The Morgan fingerprint density at radius 2 is 1.92 bits per heavy atom. The van der Waals surface area contributed by atoms with Gasteiger partial charge in [-0.25, -0.2) is 9.59 Å². The highest BCUT2D eigenvalue weighted by Crippen LogP contribution is 2.20. The Labute approximate surface area is 146 Å². The zero-order chi connectivity index (χ0) is 18.1. The van der Waals surface area contributed by atoms with E-state index in [-0.39, 0.29) is 5.92 Å². The maximum absolute atomic E-state index is 12.1. The molecule has 0 aromatic heterocycles. The number of rotatable bonds is 8. The first-order valence-corrected chi connectivity index (χ1v) is 8.84. The number of amides is 1. The van der Waals surface area contributed by atoms with Crippen LogP contribution >= 0.6 is 11.8 Å². The van der Waals surface area contributed by atoms with Crippen LogP contribution in [0.25, 0.3) is 0 Å². The molecule has 1 aromatic carbocycles. The van der Waals surface area contributed by atoms with E-state index in [2.05, 4.69) is 5.32 Å². The third-order valence-electron chi connectivity index (χ3n) is 3.65. The summed E-state index contributed by atoms with van der Waals surface area (Å²) in [5.41, 5.74) is 0.407. The van der Waals surface area contributed by atoms with Gasteiger partial charge in [0.25, 0.3) is 5.91 Å². The van der Waals surface area contributed by atoms with Crippen molar-refractivity contribution in [3.8, 4) is 0 Å². The highest BCUT2D eigenvalue weighted by Gasteiger charge is 2.27. The molecule has 2 atom stereocenters. The molecule has 1 rings (SSSR count). The number of carbonyl (C=O) groups is 3. The summed E-state index contributed by atoms with van der Waals surface area (Å²) in [5.74, 6) is -1.72. The molecule has 0 saturated heterocycles. The summed E-state index contributed by atoms with van der Waals surface area (Å²) in [6.07, 6.45) is 2.55. The minimum atomic E-state index is -0.760. The first-order valence-electron chi connectivity index (χ1n) is 7.61. The lowest BCUT2D eigenvalue weighted by molar-refractivity contribution is -0.147. The molecule has 6 nitrogen and oxygen atoms in total. The van der Waals surface area contributed by atoms with Gasteiger partial charge < -0.3 is 14.8 Å². The second-order valence-electron chi connectivity index (χ2n) is 5.23. The summed E-state index contributed by atoms with van der Waals surface area (Å²) in [4.78, 5) is 36.6. The summed E-state index contributed by atoms with van der Waals surface area (Å²) >= 11 is 1.42. The predicted octanol–water partition coefficient (Wildman–Crippen LogP) is 2.27. The smallest absolute Gasteiger partial charge is 0.339 e. The van der Waals surface area contributed by atoms with E-state index in [4.69, 9.17) is 9.47 Å². The summed E-state index contributed by atoms with van der Waals surface area (Å²) < 4.78 is 9.74. The van der Waals surface area contributed by atoms with Gasteiger partial charge >= 0.3 is 11.9 Å². The van der Waals surface area contributed by atoms with Gasteiger partial charge in [-0.05, 0) is 24.3 Å². The van der Waals surface area contributed by atoms with E-state index in [1.165, 1.54) is 18.9 Å². The number of esters is 2. The van der Waals surface area contributed by atoms with Gasteiger partial charge in [0.05, 0.1) is 12.7 Å². The van der Waals surface area contributed by atoms with Crippen LogP contribution in [0, 0.1) is 5.92 Å². The zero-order valence-electron chi connectivity index (χ0n) is 14.3. The molecule has 0 fully saturated rings. The van der Waals surface area contributed by atoms with Gasteiger partial charge in [-0.1, -0.05) is 32.4 Å². The average Bonchev–Trinajstić information content (AvgIpc) is 2.62. The normalized spacial score (nSPS) is 12.8. The fourth-order valence-electron chi connectivity index (χ4n) is 2.03. The molecule has 0 unspecified atom stereocenters. The molecule has 0 aliphatic rings. The van der Waals surface area contributed by atoms with E-state index in [0.29, 0.717) is 12.0 Å². The number of hydrogen-bond acceptors (Lipinski definition) is 6. The van der Waals surface area contributed by atoms with Gasteiger partial charge in [-0.3, -0.25) is 4.79 Å². The van der Waals surface area contributed by atoms with Gasteiger partial charge in [0, 0.05) is 4.90 Å². The molecule has 7 heteroatoms. The molecular weight excluding hydrogens is 330 g/mol. The SMILES string of the molecule is CC[C@H](C)[C@@H](NC(=O)COC(=O)c1ccccc1SC)C(=O)OC. The van der Waals surface area contributed by atoms with Crippen LogP contribution in [-0.2, 0) is 19.1 Å². The summed E-state index contributed by atoms with van der Waals surface area (Å²) in [5, 5.41) is 2.56. The number of benzene rings is 1. The van der Waals surface area contributed by atoms with E-state index in [0.717, 1.165) is 4.90 Å². The van der Waals surface area contributed by atoms with Crippen LogP contribution in [-0.4, -0.2) is 43.9 Å².